The van der Waals surface area contributed by atoms with Crippen LogP contribution in [0.3, 0.4) is 0 Å². The van der Waals surface area contributed by atoms with Gasteiger partial charge in [0.15, 0.2) is 5.78 Å². The lowest BCUT2D eigenvalue weighted by Crippen LogP contribution is -2.50. The Balaban J connectivity index is 1.65. The van der Waals surface area contributed by atoms with Crippen LogP contribution in [0, 0.1) is 5.92 Å². The Morgan fingerprint density at radius 3 is 3.00 bits per heavy atom. The van der Waals surface area contributed by atoms with Crippen molar-refractivity contribution in [2.45, 2.75) is 57.2 Å². The number of carbonyl (C=O) groups excluding carboxylic acids is 3. The van der Waals surface area contributed by atoms with Gasteiger partial charge in [-0.3, -0.25) is 19.4 Å². The first-order valence-corrected chi connectivity index (χ1v) is 13.4. The van der Waals surface area contributed by atoms with Crippen LogP contribution in [0.25, 0.3) is 0 Å². The minimum Gasteiger partial charge on any atom is -0.350 e. The van der Waals surface area contributed by atoms with Crippen LogP contribution in [-0.4, -0.2) is 62.2 Å². The third kappa shape index (κ3) is 5.12. The van der Waals surface area contributed by atoms with Crippen molar-refractivity contribution in [2.75, 3.05) is 18.1 Å². The monoisotopic (exact) mass is 492 g/mol. The summed E-state index contributed by atoms with van der Waals surface area (Å²) in [5, 5.41) is 6.40. The van der Waals surface area contributed by atoms with Crippen molar-refractivity contribution in [3.05, 3.63) is 28.2 Å². The van der Waals surface area contributed by atoms with Crippen LogP contribution in [0.15, 0.2) is 22.5 Å². The van der Waals surface area contributed by atoms with Crippen molar-refractivity contribution in [2.24, 2.45) is 10.9 Å². The predicted molar refractivity (Wildman–Crippen MR) is 131 cm³/mol. The zero-order valence-corrected chi connectivity index (χ0v) is 20.6. The van der Waals surface area contributed by atoms with E-state index in [4.69, 9.17) is 4.99 Å². The number of hydrogen-bond acceptors (Lipinski definition) is 8. The molecule has 7 nitrogen and oxygen atoms in total. The molecule has 1 N–H and O–H groups in total. The van der Waals surface area contributed by atoms with E-state index < -0.39 is 11.6 Å². The van der Waals surface area contributed by atoms with Gasteiger partial charge < -0.3 is 10.2 Å². The molecular weight excluding hydrogens is 464 g/mol. The van der Waals surface area contributed by atoms with Crippen molar-refractivity contribution < 1.29 is 14.4 Å². The van der Waals surface area contributed by atoms with E-state index in [0.29, 0.717) is 31.0 Å². The number of thiazole rings is 1. The Morgan fingerprint density at radius 1 is 1.34 bits per heavy atom. The van der Waals surface area contributed by atoms with Gasteiger partial charge in [-0.15, -0.1) is 23.1 Å². The molecule has 1 fully saturated rings. The number of amides is 2. The Kier molecular flexibility index (Phi) is 7.41. The number of thioether (sulfide) groups is 1. The topological polar surface area (TPSA) is 91.7 Å². The zero-order chi connectivity index (χ0) is 22.7. The second-order valence-corrected chi connectivity index (χ2v) is 11.0. The Morgan fingerprint density at radius 2 is 2.19 bits per heavy atom. The number of allylic oxidation sites excluding steroid dienone is 2. The van der Waals surface area contributed by atoms with Crippen LogP contribution in [0.5, 0.6) is 0 Å². The molecular formula is C22H28N4O3S3. The average Bonchev–Trinajstić information content (AvgIpc) is 3.51. The van der Waals surface area contributed by atoms with Crippen LogP contribution in [-0.2, 0) is 20.9 Å². The highest BCUT2D eigenvalue weighted by Crippen LogP contribution is 2.35. The fourth-order valence-corrected chi connectivity index (χ4v) is 6.40. The molecule has 3 aliphatic rings. The summed E-state index contributed by atoms with van der Waals surface area (Å²) in [5.41, 5.74) is -0.140. The number of aliphatic imine (C=N–C) groups is 1. The SMILES string of the molecule is C[C@@]12CSC(=N1)c1csc(n1)CNC(=O)CC(/C=C/CCS)CC(=O)[C@@H]1CCCN1C2=O. The molecule has 10 heteroatoms. The highest BCUT2D eigenvalue weighted by atomic mass is 32.2. The first kappa shape index (κ1) is 23.5. The van der Waals surface area contributed by atoms with Gasteiger partial charge in [-0.05, 0) is 37.9 Å². The first-order valence-electron chi connectivity index (χ1n) is 10.9. The summed E-state index contributed by atoms with van der Waals surface area (Å²) in [6, 6.07) is -0.439. The lowest BCUT2D eigenvalue weighted by Gasteiger charge is -2.30. The summed E-state index contributed by atoms with van der Waals surface area (Å²) >= 11 is 7.23. The van der Waals surface area contributed by atoms with Gasteiger partial charge >= 0.3 is 0 Å². The summed E-state index contributed by atoms with van der Waals surface area (Å²) in [7, 11) is 0. The molecule has 0 spiro atoms. The Labute approximate surface area is 201 Å². The molecule has 0 radical (unpaired) electrons. The average molecular weight is 493 g/mol. The second-order valence-electron chi connectivity index (χ2n) is 8.61. The molecule has 3 aliphatic heterocycles. The largest absolute Gasteiger partial charge is 0.350 e. The molecule has 0 aliphatic carbocycles. The quantitative estimate of drug-likeness (QED) is 0.500. The third-order valence-electron chi connectivity index (χ3n) is 6.01. The van der Waals surface area contributed by atoms with Crippen molar-refractivity contribution in [3.63, 3.8) is 0 Å². The molecule has 0 aromatic carbocycles. The number of aromatic nitrogens is 1. The maximum Gasteiger partial charge on any atom is 0.251 e. The van der Waals surface area contributed by atoms with Gasteiger partial charge in [0.05, 0.1) is 12.6 Å². The Hall–Kier alpha value is -1.65. The van der Waals surface area contributed by atoms with E-state index in [2.05, 4.69) is 22.9 Å². The molecule has 4 heterocycles. The van der Waals surface area contributed by atoms with E-state index in [9.17, 15) is 14.4 Å². The summed E-state index contributed by atoms with van der Waals surface area (Å²) in [6.45, 7) is 2.77. The van der Waals surface area contributed by atoms with Gasteiger partial charge in [0, 0.05) is 30.5 Å². The maximum atomic E-state index is 13.5. The van der Waals surface area contributed by atoms with Crippen molar-refractivity contribution in [1.82, 2.24) is 15.2 Å². The summed E-state index contributed by atoms with van der Waals surface area (Å²) < 4.78 is 0. The van der Waals surface area contributed by atoms with E-state index in [-0.39, 0.29) is 36.4 Å². The van der Waals surface area contributed by atoms with Crippen molar-refractivity contribution in [3.8, 4) is 0 Å². The fraction of sp³-hybridized carbons (Fsp3) is 0.591. The summed E-state index contributed by atoms with van der Waals surface area (Å²) in [6.07, 6.45) is 6.65. The molecule has 4 bridgehead atoms. The maximum absolute atomic E-state index is 13.5. The third-order valence-corrected chi connectivity index (χ3v) is 8.39. The number of hydrogen-bond donors (Lipinski definition) is 2. The predicted octanol–water partition coefficient (Wildman–Crippen LogP) is 2.86. The van der Waals surface area contributed by atoms with Gasteiger partial charge in [0.25, 0.3) is 5.91 Å². The van der Waals surface area contributed by atoms with E-state index in [1.54, 1.807) is 4.90 Å². The number of Topliss-reactive ketones (excluding diaryl/α,β-unsaturated/α-hetero) is 1. The molecule has 1 unspecified atom stereocenters. The second kappa shape index (κ2) is 10.1. The van der Waals surface area contributed by atoms with E-state index in [1.807, 2.05) is 24.5 Å². The number of nitrogens with zero attached hydrogens (tertiary/aromatic N) is 3. The number of ketones is 1. The zero-order valence-electron chi connectivity index (χ0n) is 18.1. The lowest BCUT2D eigenvalue weighted by molar-refractivity contribution is -0.141. The van der Waals surface area contributed by atoms with E-state index in [1.165, 1.54) is 23.1 Å². The normalized spacial score (nSPS) is 29.4. The van der Waals surface area contributed by atoms with Gasteiger partial charge in [0.2, 0.25) is 5.91 Å². The minimum absolute atomic E-state index is 0.0254. The molecule has 32 heavy (non-hydrogen) atoms. The van der Waals surface area contributed by atoms with Gasteiger partial charge in [-0.25, -0.2) is 4.98 Å². The smallest absolute Gasteiger partial charge is 0.251 e. The lowest BCUT2D eigenvalue weighted by atomic mass is 9.93. The van der Waals surface area contributed by atoms with E-state index in [0.717, 1.165) is 28.6 Å². The highest BCUT2D eigenvalue weighted by molar-refractivity contribution is 8.14. The number of carbonyl (C=O) groups is 3. The van der Waals surface area contributed by atoms with Crippen LogP contribution in [0.4, 0.5) is 0 Å². The number of thiol groups is 1. The molecule has 2 amide bonds. The van der Waals surface area contributed by atoms with Crippen LogP contribution >= 0.6 is 35.7 Å². The number of rotatable bonds is 3. The molecule has 0 saturated carbocycles. The summed E-state index contributed by atoms with van der Waals surface area (Å²) in [5.74, 6) is 0.871. The molecule has 3 atom stereocenters. The highest BCUT2D eigenvalue weighted by Gasteiger charge is 2.46. The first-order chi connectivity index (χ1) is 15.4. The minimum atomic E-state index is -0.885. The molecule has 172 valence electrons. The number of nitrogens with one attached hydrogen (secondary N) is 1. The van der Waals surface area contributed by atoms with Crippen LogP contribution in [0.2, 0.25) is 0 Å². The van der Waals surface area contributed by atoms with Crippen molar-refractivity contribution >= 4 is 58.4 Å². The van der Waals surface area contributed by atoms with Gasteiger partial charge in [-0.2, -0.15) is 12.6 Å². The van der Waals surface area contributed by atoms with Gasteiger partial charge in [0.1, 0.15) is 21.3 Å². The molecule has 4 rings (SSSR count). The van der Waals surface area contributed by atoms with Crippen molar-refractivity contribution in [1.29, 1.82) is 0 Å². The molecule has 1 saturated heterocycles. The molecule has 1 aromatic rings. The summed E-state index contributed by atoms with van der Waals surface area (Å²) in [4.78, 5) is 50.5. The fourth-order valence-electron chi connectivity index (χ4n) is 4.33. The van der Waals surface area contributed by atoms with Gasteiger partial charge in [-0.1, -0.05) is 12.2 Å². The Bertz CT molecular complexity index is 960. The van der Waals surface area contributed by atoms with Crippen LogP contribution < -0.4 is 5.32 Å². The molecule has 1 aromatic heterocycles. The standard InChI is InChI=1S/C22H28N4O3S3/c1-22-13-32-20(25-22)15-12-31-19(24-15)11-23-18(28)10-14(5-2-3-8-30)9-17(27)16-6-4-7-26(16)21(22)29/h2,5,12,14,16,30H,3-4,6-11,13H2,1H3,(H,23,28)/b5-2+/t14?,16-,22-/m0/s1. The van der Waals surface area contributed by atoms with Crippen LogP contribution in [0.1, 0.15) is 49.7 Å². The number of fused-ring (bicyclic) bond motifs is 5. The van der Waals surface area contributed by atoms with E-state index >= 15 is 0 Å².